The third kappa shape index (κ3) is 5.23. The summed E-state index contributed by atoms with van der Waals surface area (Å²) in [5.41, 5.74) is 3.07. The monoisotopic (exact) mass is 442 g/mol. The molecule has 0 aliphatic carbocycles. The van der Waals surface area contributed by atoms with Gasteiger partial charge in [-0.05, 0) is 62.1 Å². The highest BCUT2D eigenvalue weighted by atomic mass is 16.5. The average molecular weight is 443 g/mol. The molecular weight excluding hydrogens is 416 g/mol. The van der Waals surface area contributed by atoms with Crippen molar-refractivity contribution in [3.8, 4) is 23.0 Å². The number of phenols is 3. The Morgan fingerprint density at radius 1 is 0.727 bits per heavy atom. The second-order valence-corrected chi connectivity index (χ2v) is 8.14. The predicted molar refractivity (Wildman–Crippen MR) is 129 cm³/mol. The van der Waals surface area contributed by atoms with Crippen LogP contribution in [-0.2, 0) is 12.8 Å². The average Bonchev–Trinajstić information content (AvgIpc) is 2.81. The molecule has 4 aromatic carbocycles. The van der Waals surface area contributed by atoms with Crippen LogP contribution >= 0.6 is 0 Å². The first-order valence-corrected chi connectivity index (χ1v) is 10.8. The molecule has 4 rings (SSSR count). The zero-order valence-electron chi connectivity index (χ0n) is 18.6. The summed E-state index contributed by atoms with van der Waals surface area (Å²) in [5, 5.41) is 39.8. The van der Waals surface area contributed by atoms with Crippen molar-refractivity contribution in [1.29, 1.82) is 0 Å². The lowest BCUT2D eigenvalue weighted by molar-refractivity contribution is 0.245. The number of benzene rings is 4. The van der Waals surface area contributed by atoms with Crippen LogP contribution in [0.25, 0.3) is 10.8 Å². The number of hydrogen-bond donors (Lipinski definition) is 3. The van der Waals surface area contributed by atoms with Gasteiger partial charge in [-0.15, -0.1) is 5.11 Å². The van der Waals surface area contributed by atoms with Gasteiger partial charge < -0.3 is 20.1 Å². The van der Waals surface area contributed by atoms with Crippen molar-refractivity contribution in [3.05, 3.63) is 83.9 Å². The van der Waals surface area contributed by atoms with E-state index < -0.39 is 0 Å². The Labute approximate surface area is 192 Å². The maximum atomic E-state index is 10.7. The van der Waals surface area contributed by atoms with E-state index in [1.165, 1.54) is 6.07 Å². The fourth-order valence-corrected chi connectivity index (χ4v) is 3.59. The summed E-state index contributed by atoms with van der Waals surface area (Å²) in [5.74, 6) is 0.498. The van der Waals surface area contributed by atoms with Crippen molar-refractivity contribution >= 4 is 22.1 Å². The zero-order valence-corrected chi connectivity index (χ0v) is 18.6. The van der Waals surface area contributed by atoms with Gasteiger partial charge >= 0.3 is 0 Å². The number of ether oxygens (including phenoxy) is 1. The van der Waals surface area contributed by atoms with Crippen LogP contribution in [0.15, 0.2) is 83.0 Å². The minimum atomic E-state index is -0.117. The third-order valence-electron chi connectivity index (χ3n) is 5.27. The fourth-order valence-electron chi connectivity index (χ4n) is 3.59. The summed E-state index contributed by atoms with van der Waals surface area (Å²) in [6.07, 6.45) is 1.50. The summed E-state index contributed by atoms with van der Waals surface area (Å²) >= 11 is 0. The number of aryl methyl sites for hydroxylation is 2. The molecule has 0 saturated heterocycles. The largest absolute Gasteiger partial charge is 0.505 e. The molecule has 0 bridgehead atoms. The van der Waals surface area contributed by atoms with Gasteiger partial charge in [0.1, 0.15) is 11.4 Å². The number of nitrogens with zero attached hydrogens (tertiary/aromatic N) is 2. The molecule has 0 fully saturated rings. The molecule has 6 nitrogen and oxygen atoms in total. The SMILES string of the molecule is CC(C)Oc1cc(N=Nc2ccc(CCc3ccc(O)c(O)c3)cc2)c(O)c2ccccc12. The minimum absolute atomic E-state index is 0.0131. The molecule has 0 aliphatic rings. The predicted octanol–water partition coefficient (Wildman–Crippen LogP) is 6.94. The van der Waals surface area contributed by atoms with Crippen LogP contribution in [0.5, 0.6) is 23.0 Å². The zero-order chi connectivity index (χ0) is 23.4. The number of aromatic hydroxyl groups is 3. The molecule has 0 heterocycles. The minimum Gasteiger partial charge on any atom is -0.505 e. The van der Waals surface area contributed by atoms with Gasteiger partial charge in [-0.2, -0.15) is 5.11 Å². The number of phenolic OH excluding ortho intramolecular Hbond substituents is 3. The lowest BCUT2D eigenvalue weighted by Crippen LogP contribution is -2.05. The second-order valence-electron chi connectivity index (χ2n) is 8.14. The van der Waals surface area contributed by atoms with Gasteiger partial charge in [-0.3, -0.25) is 0 Å². The van der Waals surface area contributed by atoms with Gasteiger partial charge in [0.05, 0.1) is 11.8 Å². The van der Waals surface area contributed by atoms with Crippen LogP contribution in [0.3, 0.4) is 0 Å². The van der Waals surface area contributed by atoms with E-state index in [-0.39, 0.29) is 23.4 Å². The molecule has 6 heteroatoms. The van der Waals surface area contributed by atoms with E-state index in [9.17, 15) is 15.3 Å². The molecule has 0 amide bonds. The molecule has 0 radical (unpaired) electrons. The van der Waals surface area contributed by atoms with E-state index in [4.69, 9.17) is 4.74 Å². The van der Waals surface area contributed by atoms with E-state index in [1.54, 1.807) is 18.2 Å². The Hall–Kier alpha value is -4.06. The molecule has 0 atom stereocenters. The van der Waals surface area contributed by atoms with Crippen molar-refractivity contribution in [2.24, 2.45) is 10.2 Å². The number of hydrogen-bond acceptors (Lipinski definition) is 6. The normalized spacial score (nSPS) is 11.5. The third-order valence-corrected chi connectivity index (χ3v) is 5.27. The smallest absolute Gasteiger partial charge is 0.157 e. The van der Waals surface area contributed by atoms with E-state index >= 15 is 0 Å². The molecule has 168 valence electrons. The van der Waals surface area contributed by atoms with Gasteiger partial charge in [0.2, 0.25) is 0 Å². The molecule has 0 aliphatic heterocycles. The molecule has 3 N–H and O–H groups in total. The van der Waals surface area contributed by atoms with E-state index in [1.807, 2.05) is 62.4 Å². The lowest BCUT2D eigenvalue weighted by Gasteiger charge is -2.14. The Balaban J connectivity index is 1.50. The van der Waals surface area contributed by atoms with Crippen LogP contribution in [-0.4, -0.2) is 21.4 Å². The summed E-state index contributed by atoms with van der Waals surface area (Å²) in [7, 11) is 0. The lowest BCUT2D eigenvalue weighted by atomic mass is 10.0. The quantitative estimate of drug-likeness (QED) is 0.213. The van der Waals surface area contributed by atoms with Gasteiger partial charge in [0.15, 0.2) is 17.2 Å². The highest BCUT2D eigenvalue weighted by Crippen LogP contribution is 2.41. The van der Waals surface area contributed by atoms with Gasteiger partial charge in [-0.25, -0.2) is 0 Å². The van der Waals surface area contributed by atoms with Gasteiger partial charge in [0, 0.05) is 16.8 Å². The first-order valence-electron chi connectivity index (χ1n) is 10.8. The number of azo groups is 1. The van der Waals surface area contributed by atoms with Crippen molar-refractivity contribution in [2.45, 2.75) is 32.8 Å². The molecule has 0 aromatic heterocycles. The fraction of sp³-hybridized carbons (Fsp3) is 0.185. The summed E-state index contributed by atoms with van der Waals surface area (Å²) in [4.78, 5) is 0. The van der Waals surface area contributed by atoms with E-state index in [0.717, 1.165) is 29.4 Å². The summed E-state index contributed by atoms with van der Waals surface area (Å²) < 4.78 is 5.93. The van der Waals surface area contributed by atoms with Crippen molar-refractivity contribution in [2.75, 3.05) is 0 Å². The maximum Gasteiger partial charge on any atom is 0.157 e. The van der Waals surface area contributed by atoms with Crippen LogP contribution in [0.4, 0.5) is 11.4 Å². The molecule has 0 unspecified atom stereocenters. The maximum absolute atomic E-state index is 10.7. The van der Waals surface area contributed by atoms with Gasteiger partial charge in [0.25, 0.3) is 0 Å². The van der Waals surface area contributed by atoms with Crippen LogP contribution in [0.1, 0.15) is 25.0 Å². The molecule has 0 spiro atoms. The number of fused-ring (bicyclic) bond motifs is 1. The Bertz CT molecular complexity index is 1300. The Kier molecular flexibility index (Phi) is 6.45. The van der Waals surface area contributed by atoms with E-state index in [0.29, 0.717) is 22.5 Å². The van der Waals surface area contributed by atoms with Gasteiger partial charge in [-0.1, -0.05) is 42.5 Å². The first kappa shape index (κ1) is 22.1. The summed E-state index contributed by atoms with van der Waals surface area (Å²) in [6, 6.07) is 21.8. The molecule has 33 heavy (non-hydrogen) atoms. The van der Waals surface area contributed by atoms with E-state index in [2.05, 4.69) is 10.2 Å². The van der Waals surface area contributed by atoms with Crippen LogP contribution in [0, 0.1) is 0 Å². The highest BCUT2D eigenvalue weighted by Gasteiger charge is 2.13. The standard InChI is InChI=1S/C27H26N2O4/c1-17(2)33-26-16-23(27(32)22-6-4-3-5-21(22)26)29-28-20-12-9-18(10-13-20)7-8-19-11-14-24(30)25(31)15-19/h3-6,9-17,30-32H,7-8H2,1-2H3. The second kappa shape index (κ2) is 9.61. The molecule has 4 aromatic rings. The first-order chi connectivity index (χ1) is 15.9. The van der Waals surface area contributed by atoms with Crippen LogP contribution in [0.2, 0.25) is 0 Å². The van der Waals surface area contributed by atoms with Crippen molar-refractivity contribution < 1.29 is 20.1 Å². The summed E-state index contributed by atoms with van der Waals surface area (Å²) in [6.45, 7) is 3.91. The highest BCUT2D eigenvalue weighted by molar-refractivity contribution is 5.97. The Morgan fingerprint density at radius 2 is 1.39 bits per heavy atom. The van der Waals surface area contributed by atoms with Crippen LogP contribution < -0.4 is 4.74 Å². The topological polar surface area (TPSA) is 94.6 Å². The van der Waals surface area contributed by atoms with Crippen molar-refractivity contribution in [3.63, 3.8) is 0 Å². The Morgan fingerprint density at radius 3 is 2.09 bits per heavy atom. The molecule has 0 saturated carbocycles. The number of rotatable bonds is 7. The van der Waals surface area contributed by atoms with Crippen molar-refractivity contribution in [1.82, 2.24) is 0 Å². The molecular formula is C27H26N2O4.